The maximum Gasteiger partial charge on any atom is 0.269 e. The Balaban J connectivity index is 1.73. The average Bonchev–Trinajstić information content (AvgIpc) is 3.04. The summed E-state index contributed by atoms with van der Waals surface area (Å²) in [5, 5.41) is 26.0. The van der Waals surface area contributed by atoms with Gasteiger partial charge in [0.2, 0.25) is 0 Å². The summed E-state index contributed by atoms with van der Waals surface area (Å²) in [5.74, 6) is 0. The molecule has 3 aromatic carbocycles. The summed E-state index contributed by atoms with van der Waals surface area (Å²) in [6.07, 6.45) is 1.69. The molecule has 0 saturated heterocycles. The minimum Gasteiger partial charge on any atom is -0.353 e. The van der Waals surface area contributed by atoms with Crippen LogP contribution >= 0.6 is 0 Å². The largest absolute Gasteiger partial charge is 0.353 e. The summed E-state index contributed by atoms with van der Waals surface area (Å²) in [6.45, 7) is 0. The van der Waals surface area contributed by atoms with Crippen molar-refractivity contribution in [2.45, 2.75) is 0 Å². The molecule has 154 valence electrons. The third kappa shape index (κ3) is 3.97. The molecule has 0 spiro atoms. The van der Waals surface area contributed by atoms with Crippen LogP contribution in [0.5, 0.6) is 0 Å². The van der Waals surface area contributed by atoms with E-state index in [1.807, 2.05) is 35.9 Å². The molecule has 0 fully saturated rings. The number of hydrogen-bond donors (Lipinski definition) is 1. The lowest BCUT2D eigenvalue weighted by Gasteiger charge is -2.07. The number of non-ortho nitro benzene ring substituents is 2. The van der Waals surface area contributed by atoms with Crippen LogP contribution in [0, 0.1) is 20.2 Å². The van der Waals surface area contributed by atoms with Crippen molar-refractivity contribution >= 4 is 45.6 Å². The quantitative estimate of drug-likeness (QED) is 0.254. The van der Waals surface area contributed by atoms with Crippen molar-refractivity contribution in [2.75, 3.05) is 5.32 Å². The van der Waals surface area contributed by atoms with E-state index in [1.165, 1.54) is 24.3 Å². The van der Waals surface area contributed by atoms with E-state index in [0.29, 0.717) is 11.4 Å². The molecule has 0 saturated carbocycles. The van der Waals surface area contributed by atoms with Crippen molar-refractivity contribution in [1.82, 2.24) is 4.57 Å². The zero-order valence-electron chi connectivity index (χ0n) is 16.4. The molecule has 1 heterocycles. The van der Waals surface area contributed by atoms with Crippen LogP contribution in [-0.2, 0) is 7.05 Å². The molecule has 0 amide bonds. The maximum absolute atomic E-state index is 10.9. The second-order valence-electron chi connectivity index (χ2n) is 6.80. The van der Waals surface area contributed by atoms with Crippen molar-refractivity contribution in [3.05, 3.63) is 98.7 Å². The number of fused-ring (bicyclic) bond motifs is 1. The van der Waals surface area contributed by atoms with Gasteiger partial charge in [-0.2, -0.15) is 0 Å². The molecule has 0 radical (unpaired) electrons. The number of hydrogen-bond acceptors (Lipinski definition) is 6. The highest BCUT2D eigenvalue weighted by atomic mass is 16.6. The Morgan fingerprint density at radius 2 is 1.45 bits per heavy atom. The van der Waals surface area contributed by atoms with Crippen molar-refractivity contribution < 1.29 is 9.85 Å². The number of aromatic nitrogens is 1. The molecule has 0 unspecified atom stereocenters. The third-order valence-electron chi connectivity index (χ3n) is 4.90. The van der Waals surface area contributed by atoms with Gasteiger partial charge < -0.3 is 9.88 Å². The van der Waals surface area contributed by atoms with Crippen molar-refractivity contribution in [3.63, 3.8) is 0 Å². The van der Waals surface area contributed by atoms with Gasteiger partial charge in [-0.3, -0.25) is 25.2 Å². The van der Waals surface area contributed by atoms with Gasteiger partial charge in [-0.1, -0.05) is 18.2 Å². The molecule has 0 aliphatic carbocycles. The van der Waals surface area contributed by atoms with E-state index < -0.39 is 9.85 Å². The van der Waals surface area contributed by atoms with Crippen LogP contribution in [0.2, 0.25) is 0 Å². The van der Waals surface area contributed by atoms with Gasteiger partial charge in [-0.15, -0.1) is 0 Å². The molecule has 4 aromatic rings. The summed E-state index contributed by atoms with van der Waals surface area (Å²) in [7, 11) is 1.92. The summed E-state index contributed by atoms with van der Waals surface area (Å²) in [6, 6.07) is 20.0. The fourth-order valence-corrected chi connectivity index (χ4v) is 3.30. The summed E-state index contributed by atoms with van der Waals surface area (Å²) in [4.78, 5) is 25.3. The summed E-state index contributed by atoms with van der Waals surface area (Å²) in [5.41, 5.74) is 3.88. The van der Waals surface area contributed by atoms with Gasteiger partial charge in [0.25, 0.3) is 11.4 Å². The predicted octanol–water partition coefficient (Wildman–Crippen LogP) is 5.49. The number of aryl methyl sites for hydroxylation is 1. The van der Waals surface area contributed by atoms with Crippen LogP contribution in [0.1, 0.15) is 5.69 Å². The van der Waals surface area contributed by atoms with E-state index in [0.717, 1.165) is 22.3 Å². The highest BCUT2D eigenvalue weighted by Gasteiger charge is 2.14. The van der Waals surface area contributed by atoms with Gasteiger partial charge in [0.1, 0.15) is 0 Å². The standard InChI is InChI=1S/C22H17N5O4/c1-25-20-5-3-2-4-19(20)22(24-16-8-12-18(13-9-16)27(30)31)21(25)14-23-15-6-10-17(11-7-15)26(28)29/h2-14,24H,1H3/b23-14-. The molecule has 31 heavy (non-hydrogen) atoms. The second-order valence-corrected chi connectivity index (χ2v) is 6.80. The number of benzene rings is 3. The predicted molar refractivity (Wildman–Crippen MR) is 120 cm³/mol. The molecule has 0 aliphatic heterocycles. The monoisotopic (exact) mass is 415 g/mol. The maximum atomic E-state index is 10.9. The Hall–Kier alpha value is -4.53. The summed E-state index contributed by atoms with van der Waals surface area (Å²) < 4.78 is 1.98. The van der Waals surface area contributed by atoms with Crippen LogP contribution in [0.4, 0.5) is 28.4 Å². The molecule has 1 N–H and O–H groups in total. The minimum atomic E-state index is -0.455. The smallest absolute Gasteiger partial charge is 0.269 e. The van der Waals surface area contributed by atoms with E-state index in [2.05, 4.69) is 10.3 Å². The fourth-order valence-electron chi connectivity index (χ4n) is 3.30. The first kappa shape index (κ1) is 19.8. The van der Waals surface area contributed by atoms with Gasteiger partial charge >= 0.3 is 0 Å². The molecule has 9 nitrogen and oxygen atoms in total. The van der Waals surface area contributed by atoms with Crippen molar-refractivity contribution in [3.8, 4) is 0 Å². The van der Waals surface area contributed by atoms with Crippen LogP contribution in [0.25, 0.3) is 10.9 Å². The molecule has 4 rings (SSSR count). The first-order chi connectivity index (χ1) is 14.9. The Morgan fingerprint density at radius 3 is 2.06 bits per heavy atom. The second kappa shape index (κ2) is 8.07. The van der Waals surface area contributed by atoms with Gasteiger partial charge in [0.05, 0.1) is 38.6 Å². The number of anilines is 2. The molecule has 1 aromatic heterocycles. The third-order valence-corrected chi connectivity index (χ3v) is 4.90. The number of nitrogens with one attached hydrogen (secondary N) is 1. The Bertz CT molecular complexity index is 1310. The number of nitro groups is 2. The number of rotatable bonds is 6. The lowest BCUT2D eigenvalue weighted by Crippen LogP contribution is -1.99. The van der Waals surface area contributed by atoms with Gasteiger partial charge in [-0.25, -0.2) is 0 Å². The molecule has 0 atom stereocenters. The Kier molecular flexibility index (Phi) is 5.15. The normalized spacial score (nSPS) is 11.1. The van der Waals surface area contributed by atoms with E-state index in [1.54, 1.807) is 30.5 Å². The number of para-hydroxylation sites is 1. The number of nitro benzene ring substituents is 2. The topological polar surface area (TPSA) is 116 Å². The Morgan fingerprint density at radius 1 is 0.871 bits per heavy atom. The van der Waals surface area contributed by atoms with E-state index in [4.69, 9.17) is 0 Å². The van der Waals surface area contributed by atoms with Crippen molar-refractivity contribution in [1.29, 1.82) is 0 Å². The van der Waals surface area contributed by atoms with Gasteiger partial charge in [0, 0.05) is 42.4 Å². The van der Waals surface area contributed by atoms with Gasteiger partial charge in [0.15, 0.2) is 0 Å². The Labute approximate surface area is 176 Å². The fraction of sp³-hybridized carbons (Fsp3) is 0.0455. The molecular weight excluding hydrogens is 398 g/mol. The average molecular weight is 415 g/mol. The lowest BCUT2D eigenvalue weighted by molar-refractivity contribution is -0.385. The van der Waals surface area contributed by atoms with Crippen LogP contribution in [-0.4, -0.2) is 20.6 Å². The minimum absolute atomic E-state index is 0.00378. The first-order valence-corrected chi connectivity index (χ1v) is 9.31. The number of nitrogens with zero attached hydrogens (tertiary/aromatic N) is 4. The van der Waals surface area contributed by atoms with Gasteiger partial charge in [-0.05, 0) is 30.3 Å². The van der Waals surface area contributed by atoms with E-state index in [-0.39, 0.29) is 11.4 Å². The molecular formula is C22H17N5O4. The lowest BCUT2D eigenvalue weighted by atomic mass is 10.2. The molecule has 0 bridgehead atoms. The SMILES string of the molecule is Cn1c(/C=N\c2ccc([N+](=O)[O-])cc2)c(Nc2ccc([N+](=O)[O-])cc2)c2ccccc21. The summed E-state index contributed by atoms with van der Waals surface area (Å²) >= 11 is 0. The van der Waals surface area contributed by atoms with Crippen LogP contribution in [0.15, 0.2) is 77.8 Å². The van der Waals surface area contributed by atoms with E-state index >= 15 is 0 Å². The zero-order chi connectivity index (χ0) is 22.0. The highest BCUT2D eigenvalue weighted by Crippen LogP contribution is 2.32. The first-order valence-electron chi connectivity index (χ1n) is 9.31. The zero-order valence-corrected chi connectivity index (χ0v) is 16.4. The van der Waals surface area contributed by atoms with E-state index in [9.17, 15) is 20.2 Å². The van der Waals surface area contributed by atoms with Crippen LogP contribution in [0.3, 0.4) is 0 Å². The number of aliphatic imine (C=N–C) groups is 1. The highest BCUT2D eigenvalue weighted by molar-refractivity contribution is 6.05. The van der Waals surface area contributed by atoms with Crippen LogP contribution < -0.4 is 5.32 Å². The molecule has 0 aliphatic rings. The van der Waals surface area contributed by atoms with Crippen molar-refractivity contribution in [2.24, 2.45) is 12.0 Å². The molecule has 9 heteroatoms.